The van der Waals surface area contributed by atoms with Crippen LogP contribution in [0.15, 0.2) is 16.2 Å². The van der Waals surface area contributed by atoms with E-state index < -0.39 is 0 Å². The molecule has 0 saturated heterocycles. The summed E-state index contributed by atoms with van der Waals surface area (Å²) >= 11 is 1.47. The van der Waals surface area contributed by atoms with Gasteiger partial charge in [-0.1, -0.05) is 13.8 Å². The highest BCUT2D eigenvalue weighted by molar-refractivity contribution is 7.14. The fourth-order valence-electron chi connectivity index (χ4n) is 1.65. The van der Waals surface area contributed by atoms with Crippen LogP contribution in [0.5, 0.6) is 0 Å². The second-order valence-corrected chi connectivity index (χ2v) is 5.51. The molecule has 2 heterocycles. The van der Waals surface area contributed by atoms with Crippen LogP contribution in [0.25, 0.3) is 11.3 Å². The van der Waals surface area contributed by atoms with Gasteiger partial charge in [-0.25, -0.2) is 10.1 Å². The molecule has 0 aliphatic carbocycles. The first-order chi connectivity index (χ1) is 9.61. The van der Waals surface area contributed by atoms with Crippen molar-refractivity contribution in [1.82, 2.24) is 15.2 Å². The van der Waals surface area contributed by atoms with Crippen LogP contribution in [-0.2, 0) is 4.74 Å². The third-order valence-electron chi connectivity index (χ3n) is 2.78. The Morgan fingerprint density at radius 1 is 1.50 bits per heavy atom. The van der Waals surface area contributed by atoms with Crippen molar-refractivity contribution in [2.75, 3.05) is 25.6 Å². The largest absolute Gasteiger partial charge is 0.383 e. The number of hydrogen-bond acceptors (Lipinski definition) is 6. The summed E-state index contributed by atoms with van der Waals surface area (Å²) in [6.45, 7) is 5.36. The Bertz CT molecular complexity index is 621. The number of aromatic amines is 1. The molecular formula is C13H18N4O2S. The fourth-order valence-corrected chi connectivity index (χ4v) is 2.39. The van der Waals surface area contributed by atoms with E-state index in [1.165, 1.54) is 11.3 Å². The molecular weight excluding hydrogens is 276 g/mol. The molecule has 0 unspecified atom stereocenters. The van der Waals surface area contributed by atoms with Gasteiger partial charge in [0.05, 0.1) is 23.6 Å². The molecule has 7 heteroatoms. The number of hydrogen-bond donors (Lipinski definition) is 2. The summed E-state index contributed by atoms with van der Waals surface area (Å²) in [4.78, 5) is 16.3. The van der Waals surface area contributed by atoms with Crippen LogP contribution in [0.4, 0.5) is 5.13 Å². The van der Waals surface area contributed by atoms with Gasteiger partial charge in [0.15, 0.2) is 5.13 Å². The van der Waals surface area contributed by atoms with E-state index in [1.54, 1.807) is 13.2 Å². The summed E-state index contributed by atoms with van der Waals surface area (Å²) in [5.74, 6) is 0.253. The Morgan fingerprint density at radius 3 is 3.00 bits per heavy atom. The number of methoxy groups -OCH3 is 1. The second kappa shape index (κ2) is 6.62. The van der Waals surface area contributed by atoms with Crippen molar-refractivity contribution in [2.45, 2.75) is 19.8 Å². The molecule has 0 aliphatic heterocycles. The molecule has 2 aromatic heterocycles. The van der Waals surface area contributed by atoms with Crippen LogP contribution >= 0.6 is 11.3 Å². The highest BCUT2D eigenvalue weighted by atomic mass is 32.1. The van der Waals surface area contributed by atoms with Gasteiger partial charge in [-0.3, -0.25) is 4.79 Å². The lowest BCUT2D eigenvalue weighted by atomic mass is 10.1. The summed E-state index contributed by atoms with van der Waals surface area (Å²) in [5, 5.41) is 12.4. The normalized spacial score (nSPS) is 11.0. The van der Waals surface area contributed by atoms with Crippen LogP contribution in [0.3, 0.4) is 0 Å². The molecule has 0 amide bonds. The van der Waals surface area contributed by atoms with Crippen LogP contribution < -0.4 is 10.9 Å². The number of anilines is 1. The van der Waals surface area contributed by atoms with Gasteiger partial charge >= 0.3 is 0 Å². The molecule has 0 fully saturated rings. The van der Waals surface area contributed by atoms with E-state index >= 15 is 0 Å². The number of nitrogens with zero attached hydrogens (tertiary/aromatic N) is 2. The first kappa shape index (κ1) is 14.7. The summed E-state index contributed by atoms with van der Waals surface area (Å²) < 4.78 is 4.97. The Labute approximate surface area is 121 Å². The smallest absolute Gasteiger partial charge is 0.273 e. The Balaban J connectivity index is 2.23. The lowest BCUT2D eigenvalue weighted by Crippen LogP contribution is -2.13. The van der Waals surface area contributed by atoms with Gasteiger partial charge in [-0.15, -0.1) is 11.3 Å². The van der Waals surface area contributed by atoms with Gasteiger partial charge in [0.2, 0.25) is 0 Å². The third kappa shape index (κ3) is 3.43. The highest BCUT2D eigenvalue weighted by Gasteiger charge is 2.11. The number of H-pyrrole nitrogens is 1. The highest BCUT2D eigenvalue weighted by Crippen LogP contribution is 2.23. The minimum Gasteiger partial charge on any atom is -0.383 e. The number of rotatable bonds is 6. The number of ether oxygens (including phenoxy) is 1. The fraction of sp³-hybridized carbons (Fsp3) is 0.462. The number of nitrogens with one attached hydrogen (secondary N) is 2. The zero-order valence-electron chi connectivity index (χ0n) is 11.8. The van der Waals surface area contributed by atoms with E-state index in [0.717, 1.165) is 10.8 Å². The number of thiazole rings is 1. The second-order valence-electron chi connectivity index (χ2n) is 4.65. The average Bonchev–Trinajstić information content (AvgIpc) is 2.88. The van der Waals surface area contributed by atoms with E-state index in [1.807, 2.05) is 19.2 Å². The van der Waals surface area contributed by atoms with Gasteiger partial charge in [-0.2, -0.15) is 5.10 Å². The molecule has 0 bridgehead atoms. The van der Waals surface area contributed by atoms with Gasteiger partial charge < -0.3 is 10.1 Å². The summed E-state index contributed by atoms with van der Waals surface area (Å²) in [5.41, 5.74) is 1.85. The van der Waals surface area contributed by atoms with Crippen LogP contribution in [0.2, 0.25) is 0 Å². The molecule has 0 spiro atoms. The van der Waals surface area contributed by atoms with E-state index in [2.05, 4.69) is 20.5 Å². The predicted octanol–water partition coefficient (Wildman–Crippen LogP) is 2.08. The molecule has 0 aliphatic rings. The molecule has 0 aromatic carbocycles. The van der Waals surface area contributed by atoms with Crippen molar-refractivity contribution < 1.29 is 4.74 Å². The molecule has 108 valence electrons. The Kier molecular flexibility index (Phi) is 4.86. The first-order valence-electron chi connectivity index (χ1n) is 6.40. The molecule has 2 N–H and O–H groups in total. The van der Waals surface area contributed by atoms with E-state index in [-0.39, 0.29) is 11.5 Å². The SMILES string of the molecule is COCCNc1nc(-c2cc(C(C)C)n[nH]c2=O)cs1. The van der Waals surface area contributed by atoms with Crippen LogP contribution in [-0.4, -0.2) is 35.4 Å². The van der Waals surface area contributed by atoms with E-state index in [9.17, 15) is 4.79 Å². The standard InChI is InChI=1S/C13H18N4O2S/c1-8(2)10-6-9(12(18)17-16-10)11-7-20-13(15-11)14-4-5-19-3/h6-8H,4-5H2,1-3H3,(H,14,15)(H,17,18). The van der Waals surface area contributed by atoms with E-state index in [4.69, 9.17) is 4.74 Å². The summed E-state index contributed by atoms with van der Waals surface area (Å²) in [7, 11) is 1.65. The van der Waals surface area contributed by atoms with Crippen molar-refractivity contribution in [2.24, 2.45) is 0 Å². The van der Waals surface area contributed by atoms with Crippen LogP contribution in [0, 0.1) is 0 Å². The van der Waals surface area contributed by atoms with Gasteiger partial charge in [0, 0.05) is 19.0 Å². The zero-order valence-corrected chi connectivity index (χ0v) is 12.6. The predicted molar refractivity (Wildman–Crippen MR) is 80.4 cm³/mol. The third-order valence-corrected chi connectivity index (χ3v) is 3.58. The maximum atomic E-state index is 11.9. The number of aromatic nitrogens is 3. The maximum Gasteiger partial charge on any atom is 0.273 e. The van der Waals surface area contributed by atoms with Crippen molar-refractivity contribution in [3.05, 3.63) is 27.5 Å². The molecule has 0 saturated carbocycles. The quantitative estimate of drug-likeness (QED) is 0.797. The van der Waals surface area contributed by atoms with E-state index in [0.29, 0.717) is 24.4 Å². The van der Waals surface area contributed by atoms with Gasteiger partial charge in [0.25, 0.3) is 5.56 Å². The zero-order chi connectivity index (χ0) is 14.5. The topological polar surface area (TPSA) is 79.9 Å². The molecule has 6 nitrogen and oxygen atoms in total. The van der Waals surface area contributed by atoms with Crippen molar-refractivity contribution >= 4 is 16.5 Å². The van der Waals surface area contributed by atoms with Crippen molar-refractivity contribution in [3.8, 4) is 11.3 Å². The lowest BCUT2D eigenvalue weighted by Gasteiger charge is -2.04. The maximum absolute atomic E-state index is 11.9. The molecule has 0 radical (unpaired) electrons. The average molecular weight is 294 g/mol. The van der Waals surface area contributed by atoms with Crippen molar-refractivity contribution in [3.63, 3.8) is 0 Å². The Hall–Kier alpha value is -1.73. The molecule has 20 heavy (non-hydrogen) atoms. The molecule has 2 aromatic rings. The summed E-state index contributed by atoms with van der Waals surface area (Å²) in [6, 6.07) is 1.80. The Morgan fingerprint density at radius 2 is 2.30 bits per heavy atom. The first-order valence-corrected chi connectivity index (χ1v) is 7.28. The van der Waals surface area contributed by atoms with Gasteiger partial charge in [-0.05, 0) is 12.0 Å². The summed E-state index contributed by atoms with van der Waals surface area (Å²) in [6.07, 6.45) is 0. The van der Waals surface area contributed by atoms with Gasteiger partial charge in [0.1, 0.15) is 0 Å². The lowest BCUT2D eigenvalue weighted by molar-refractivity contribution is 0.211. The minimum atomic E-state index is -0.219. The van der Waals surface area contributed by atoms with Crippen LogP contribution in [0.1, 0.15) is 25.5 Å². The molecule has 2 rings (SSSR count). The molecule has 0 atom stereocenters. The van der Waals surface area contributed by atoms with Crippen molar-refractivity contribution in [1.29, 1.82) is 0 Å². The monoisotopic (exact) mass is 294 g/mol. The minimum absolute atomic E-state index is 0.219.